The van der Waals surface area contributed by atoms with E-state index in [4.69, 9.17) is 8.60 Å². The smallest absolute Gasteiger partial charge is 0.339 e. The van der Waals surface area contributed by atoms with Crippen LogP contribution in [0, 0.1) is 6.92 Å². The number of fused-ring (bicyclic) bond motifs is 3. The molecule has 0 amide bonds. The molecule has 0 spiro atoms. The van der Waals surface area contributed by atoms with E-state index in [0.29, 0.717) is 16.7 Å². The second kappa shape index (κ2) is 6.14. The average molecular weight is 382 g/mol. The lowest BCUT2D eigenvalue weighted by molar-refractivity contribution is 0.0696. The van der Waals surface area contributed by atoms with Crippen LogP contribution in [0.5, 0.6) is 5.75 Å². The van der Waals surface area contributed by atoms with Gasteiger partial charge in [0.15, 0.2) is 0 Å². The molecule has 1 aromatic heterocycles. The Bertz CT molecular complexity index is 1300. The van der Waals surface area contributed by atoms with Gasteiger partial charge in [-0.15, -0.1) is 0 Å². The zero-order valence-electron chi connectivity index (χ0n) is 14.2. The van der Waals surface area contributed by atoms with Crippen LogP contribution in [0.3, 0.4) is 0 Å². The summed E-state index contributed by atoms with van der Waals surface area (Å²) in [5.41, 5.74) is 1.69. The average Bonchev–Trinajstić information content (AvgIpc) is 2.99. The molecule has 0 atom stereocenters. The second-order valence-corrected chi connectivity index (χ2v) is 7.62. The van der Waals surface area contributed by atoms with Gasteiger partial charge in [0.05, 0.1) is 5.56 Å². The maximum atomic E-state index is 12.6. The first kappa shape index (κ1) is 17.1. The molecule has 27 heavy (non-hydrogen) atoms. The SMILES string of the molecule is Cc1ccc(S(=O)(=O)Oc2ccc3oc4ccccc4c3c2)cc1C(=O)O. The van der Waals surface area contributed by atoms with Crippen molar-refractivity contribution in [3.63, 3.8) is 0 Å². The van der Waals surface area contributed by atoms with E-state index < -0.39 is 16.1 Å². The number of rotatable bonds is 4. The summed E-state index contributed by atoms with van der Waals surface area (Å²) in [5.74, 6) is -1.08. The van der Waals surface area contributed by atoms with E-state index in [1.54, 1.807) is 19.1 Å². The van der Waals surface area contributed by atoms with Crippen molar-refractivity contribution in [2.45, 2.75) is 11.8 Å². The van der Waals surface area contributed by atoms with Crippen molar-refractivity contribution in [3.8, 4) is 5.75 Å². The highest BCUT2D eigenvalue weighted by atomic mass is 32.2. The van der Waals surface area contributed by atoms with E-state index in [1.807, 2.05) is 24.3 Å². The molecule has 1 N–H and O–H groups in total. The lowest BCUT2D eigenvalue weighted by Gasteiger charge is -2.09. The Hall–Kier alpha value is -3.32. The van der Waals surface area contributed by atoms with Crippen molar-refractivity contribution in [2.75, 3.05) is 0 Å². The molecule has 0 bridgehead atoms. The Labute approximate surface area is 154 Å². The fourth-order valence-corrected chi connectivity index (χ4v) is 3.87. The van der Waals surface area contributed by atoms with Crippen LogP contribution in [0.15, 0.2) is 70.0 Å². The molecule has 7 heteroatoms. The number of benzene rings is 3. The van der Waals surface area contributed by atoms with Gasteiger partial charge < -0.3 is 13.7 Å². The van der Waals surface area contributed by atoms with Crippen molar-refractivity contribution >= 4 is 38.0 Å². The zero-order chi connectivity index (χ0) is 19.2. The number of aryl methyl sites for hydroxylation is 1. The van der Waals surface area contributed by atoms with Crippen molar-refractivity contribution in [3.05, 3.63) is 71.8 Å². The minimum Gasteiger partial charge on any atom is -0.478 e. The highest BCUT2D eigenvalue weighted by molar-refractivity contribution is 7.87. The summed E-state index contributed by atoms with van der Waals surface area (Å²) in [6.07, 6.45) is 0. The molecule has 0 saturated heterocycles. The van der Waals surface area contributed by atoms with Gasteiger partial charge >= 0.3 is 16.1 Å². The number of furan rings is 1. The lowest BCUT2D eigenvalue weighted by atomic mass is 10.1. The number of hydrogen-bond donors (Lipinski definition) is 1. The summed E-state index contributed by atoms with van der Waals surface area (Å²) in [6, 6.07) is 16.0. The van der Waals surface area contributed by atoms with E-state index in [-0.39, 0.29) is 16.2 Å². The molecule has 0 aliphatic heterocycles. The quantitative estimate of drug-likeness (QED) is 0.527. The molecule has 136 valence electrons. The number of carboxylic acid groups (broad SMARTS) is 1. The van der Waals surface area contributed by atoms with Gasteiger partial charge in [0.1, 0.15) is 21.8 Å². The van der Waals surface area contributed by atoms with Crippen LogP contribution >= 0.6 is 0 Å². The van der Waals surface area contributed by atoms with Crippen LogP contribution in [0.25, 0.3) is 21.9 Å². The van der Waals surface area contributed by atoms with Crippen LogP contribution < -0.4 is 4.18 Å². The van der Waals surface area contributed by atoms with Crippen LogP contribution in [0.1, 0.15) is 15.9 Å². The first-order valence-electron chi connectivity index (χ1n) is 8.05. The predicted octanol–water partition coefficient (Wildman–Crippen LogP) is 4.36. The number of para-hydroxylation sites is 1. The topological polar surface area (TPSA) is 93.8 Å². The predicted molar refractivity (Wildman–Crippen MR) is 99.7 cm³/mol. The Morgan fingerprint density at radius 1 is 0.963 bits per heavy atom. The Kier molecular flexibility index (Phi) is 3.89. The molecule has 4 aromatic rings. The molecule has 4 rings (SSSR count). The molecule has 1 heterocycles. The first-order chi connectivity index (χ1) is 12.8. The number of hydrogen-bond acceptors (Lipinski definition) is 5. The van der Waals surface area contributed by atoms with Crippen molar-refractivity contribution in [2.24, 2.45) is 0 Å². The molecular formula is C20H14O6S. The summed E-state index contributed by atoms with van der Waals surface area (Å²) in [5, 5.41) is 10.8. The van der Waals surface area contributed by atoms with E-state index >= 15 is 0 Å². The Morgan fingerprint density at radius 2 is 1.70 bits per heavy atom. The molecule has 0 saturated carbocycles. The van der Waals surface area contributed by atoms with Gasteiger partial charge in [-0.2, -0.15) is 8.42 Å². The van der Waals surface area contributed by atoms with E-state index in [0.717, 1.165) is 16.8 Å². The highest BCUT2D eigenvalue weighted by Crippen LogP contribution is 2.32. The molecule has 6 nitrogen and oxygen atoms in total. The highest BCUT2D eigenvalue weighted by Gasteiger charge is 2.20. The third-order valence-corrected chi connectivity index (χ3v) is 5.53. The summed E-state index contributed by atoms with van der Waals surface area (Å²) in [4.78, 5) is 11.0. The fourth-order valence-electron chi connectivity index (χ4n) is 2.92. The van der Waals surface area contributed by atoms with Crippen molar-refractivity contribution in [1.29, 1.82) is 0 Å². The summed E-state index contributed by atoms with van der Waals surface area (Å²) < 4.78 is 36.1. The van der Waals surface area contributed by atoms with Gasteiger partial charge in [-0.25, -0.2) is 4.79 Å². The number of aromatic carboxylic acids is 1. The summed E-state index contributed by atoms with van der Waals surface area (Å²) in [6.45, 7) is 1.60. The monoisotopic (exact) mass is 382 g/mol. The third kappa shape index (κ3) is 3.02. The number of carboxylic acids is 1. The van der Waals surface area contributed by atoms with E-state index in [1.165, 1.54) is 18.2 Å². The van der Waals surface area contributed by atoms with Crippen LogP contribution in [0.2, 0.25) is 0 Å². The van der Waals surface area contributed by atoms with Gasteiger partial charge in [-0.05, 0) is 48.9 Å². The van der Waals surface area contributed by atoms with Crippen LogP contribution in [-0.4, -0.2) is 19.5 Å². The van der Waals surface area contributed by atoms with E-state index in [2.05, 4.69) is 0 Å². The number of carbonyl (C=O) groups is 1. The maximum absolute atomic E-state index is 12.6. The largest absolute Gasteiger partial charge is 0.478 e. The second-order valence-electron chi connectivity index (χ2n) is 6.08. The molecule has 0 aliphatic carbocycles. The minimum atomic E-state index is -4.19. The lowest BCUT2D eigenvalue weighted by Crippen LogP contribution is -2.11. The Morgan fingerprint density at radius 3 is 2.48 bits per heavy atom. The maximum Gasteiger partial charge on any atom is 0.339 e. The summed E-state index contributed by atoms with van der Waals surface area (Å²) >= 11 is 0. The van der Waals surface area contributed by atoms with Gasteiger partial charge in [0, 0.05) is 10.8 Å². The molecule has 0 radical (unpaired) electrons. The molecule has 3 aromatic carbocycles. The van der Waals surface area contributed by atoms with E-state index in [9.17, 15) is 18.3 Å². The Balaban J connectivity index is 1.75. The fraction of sp³-hybridized carbons (Fsp3) is 0.0500. The van der Waals surface area contributed by atoms with Gasteiger partial charge in [0.25, 0.3) is 0 Å². The standard InChI is InChI=1S/C20H14O6S/c1-12-6-8-14(11-16(12)20(21)22)27(23,24)26-13-7-9-19-17(10-13)15-4-2-3-5-18(15)25-19/h2-11H,1H3,(H,21,22). The molecule has 0 aliphatic rings. The van der Waals surface area contributed by atoms with Crippen molar-refractivity contribution in [1.82, 2.24) is 0 Å². The van der Waals surface area contributed by atoms with Gasteiger partial charge in [-0.1, -0.05) is 24.3 Å². The third-order valence-electron chi connectivity index (χ3n) is 4.28. The molecule has 0 unspecified atom stereocenters. The van der Waals surface area contributed by atoms with Gasteiger partial charge in [-0.3, -0.25) is 0 Å². The zero-order valence-corrected chi connectivity index (χ0v) is 15.0. The summed E-state index contributed by atoms with van der Waals surface area (Å²) in [7, 11) is -4.19. The molecule has 0 fully saturated rings. The minimum absolute atomic E-state index is 0.0871. The first-order valence-corrected chi connectivity index (χ1v) is 9.46. The normalized spacial score (nSPS) is 11.7. The van der Waals surface area contributed by atoms with Gasteiger partial charge in [0.2, 0.25) is 0 Å². The van der Waals surface area contributed by atoms with Crippen LogP contribution in [-0.2, 0) is 10.1 Å². The molecular weight excluding hydrogens is 368 g/mol. The van der Waals surface area contributed by atoms with Crippen LogP contribution in [0.4, 0.5) is 0 Å². The van der Waals surface area contributed by atoms with Crippen molar-refractivity contribution < 1.29 is 26.9 Å².